The van der Waals surface area contributed by atoms with Gasteiger partial charge in [0, 0.05) is 0 Å². The van der Waals surface area contributed by atoms with Crippen LogP contribution in [0, 0.1) is 0 Å². The molecule has 0 radical (unpaired) electrons. The monoisotopic (exact) mass is 673 g/mol. The fourth-order valence-electron chi connectivity index (χ4n) is 3.91. The number of benzene rings is 3. The number of rotatable bonds is 8. The number of fused-ring (bicyclic) bond motifs is 1. The van der Waals surface area contributed by atoms with Crippen LogP contribution >= 0.6 is 27.7 Å². The zero-order chi connectivity index (χ0) is 28.2. The Kier molecular flexibility index (Phi) is 8.64. The number of primary amides is 1. The van der Waals surface area contributed by atoms with E-state index in [9.17, 15) is 9.59 Å². The molecule has 5 aromatic rings. The number of pyridine rings is 1. The maximum absolute atomic E-state index is 13.2. The van der Waals surface area contributed by atoms with Gasteiger partial charge in [-0.25, -0.2) is 0 Å². The van der Waals surface area contributed by atoms with Crippen LogP contribution in [0.2, 0.25) is 0 Å². The van der Waals surface area contributed by atoms with E-state index in [0.29, 0.717) is 28.4 Å². The van der Waals surface area contributed by atoms with Crippen molar-refractivity contribution in [1.29, 1.82) is 0 Å². The number of halogens is 1. The predicted molar refractivity (Wildman–Crippen MR) is 165 cm³/mol. The van der Waals surface area contributed by atoms with E-state index in [1.165, 1.54) is 0 Å². The normalized spacial score (nSPS) is 11.4. The number of amides is 2. The zero-order valence-electron chi connectivity index (χ0n) is 21.7. The molecule has 0 fully saturated rings. The molecular formula is C30H25AsBrN5O2S. The minimum atomic E-state index is -0.992. The van der Waals surface area contributed by atoms with Gasteiger partial charge in [-0.05, 0) is 0 Å². The first-order valence-electron chi connectivity index (χ1n) is 12.4. The summed E-state index contributed by atoms with van der Waals surface area (Å²) in [5, 5.41) is 3.91. The summed E-state index contributed by atoms with van der Waals surface area (Å²) >= 11 is 4.01. The van der Waals surface area contributed by atoms with Crippen LogP contribution in [0.4, 0.5) is 5.69 Å². The van der Waals surface area contributed by atoms with Crippen molar-refractivity contribution in [1.82, 2.24) is 15.0 Å². The Morgan fingerprint density at radius 2 is 1.65 bits per heavy atom. The second-order valence-corrected chi connectivity index (χ2v) is 14.0. The summed E-state index contributed by atoms with van der Waals surface area (Å²) in [5.41, 5.74) is 8.81. The molecule has 0 saturated carbocycles. The number of carbonyl (C=O) groups is 2. The number of hydrogen-bond acceptors (Lipinski definition) is 6. The van der Waals surface area contributed by atoms with Crippen molar-refractivity contribution in [3.8, 4) is 0 Å². The van der Waals surface area contributed by atoms with E-state index in [0.717, 1.165) is 34.2 Å². The minimum absolute atomic E-state index is 0.187. The summed E-state index contributed by atoms with van der Waals surface area (Å²) in [5.74, 6) is -0.355. The molecule has 0 aliphatic rings. The first kappa shape index (κ1) is 28.0. The van der Waals surface area contributed by atoms with Gasteiger partial charge in [0.15, 0.2) is 0 Å². The molecule has 2 amide bonds. The van der Waals surface area contributed by atoms with Crippen LogP contribution in [-0.4, -0.2) is 42.5 Å². The van der Waals surface area contributed by atoms with Crippen molar-refractivity contribution < 1.29 is 9.59 Å². The van der Waals surface area contributed by atoms with E-state index in [-0.39, 0.29) is 5.91 Å². The summed E-state index contributed by atoms with van der Waals surface area (Å²) < 4.78 is 2.94. The quantitative estimate of drug-likeness (QED) is 0.229. The Labute approximate surface area is 251 Å². The van der Waals surface area contributed by atoms with Crippen molar-refractivity contribution >= 4 is 80.8 Å². The van der Waals surface area contributed by atoms with E-state index >= 15 is 0 Å². The van der Waals surface area contributed by atoms with Crippen molar-refractivity contribution in [2.45, 2.75) is 29.6 Å². The number of hydrogen-bond donors (Lipinski definition) is 2. The van der Waals surface area contributed by atoms with Crippen molar-refractivity contribution in [2.24, 2.45) is 5.73 Å². The van der Waals surface area contributed by atoms with E-state index in [4.69, 9.17) is 10.7 Å². The van der Waals surface area contributed by atoms with Crippen molar-refractivity contribution in [3.05, 3.63) is 106 Å². The molecule has 200 valence electrons. The molecule has 0 spiro atoms. The molecule has 2 aromatic heterocycles. The SMILES string of the molecule is CC(C)c1ccc2c([AsH]c3cc(C(=O)Nc4ccc(Br)cc4)ccc3Sc3ccc(C(N)=O)cc3)ncnc2n1. The maximum atomic E-state index is 13.2. The topological polar surface area (TPSA) is 111 Å². The molecule has 1 atom stereocenters. The summed E-state index contributed by atoms with van der Waals surface area (Å²) in [6.07, 6.45) is 1.57. The van der Waals surface area contributed by atoms with Gasteiger partial charge in [0.05, 0.1) is 0 Å². The summed E-state index contributed by atoms with van der Waals surface area (Å²) in [6, 6.07) is 24.5. The Bertz CT molecular complexity index is 1710. The van der Waals surface area contributed by atoms with Gasteiger partial charge in [-0.2, -0.15) is 0 Å². The fourth-order valence-corrected chi connectivity index (χ4v) is 7.99. The van der Waals surface area contributed by atoms with Crippen LogP contribution in [0.1, 0.15) is 46.2 Å². The standard InChI is InChI=1S/C30H25AsBrN5O2S/c1-17(2)25-13-12-23-27(34-16-35-29(23)37-25)31-24-15-19(30(39)36-21-8-6-20(32)7-9-21)5-14-26(24)40-22-10-3-18(4-11-22)28(33)38/h3-17,31H,1-2H3,(H2,33,38)(H,36,39). The molecule has 40 heavy (non-hydrogen) atoms. The second kappa shape index (κ2) is 12.3. The van der Waals surface area contributed by atoms with Gasteiger partial charge in [-0.3, -0.25) is 0 Å². The van der Waals surface area contributed by atoms with Crippen molar-refractivity contribution in [3.63, 3.8) is 0 Å². The second-order valence-electron chi connectivity index (χ2n) is 9.27. The number of anilines is 1. The van der Waals surface area contributed by atoms with E-state index in [2.05, 4.69) is 51.1 Å². The first-order chi connectivity index (χ1) is 19.3. The number of carbonyl (C=O) groups excluding carboxylic acids is 2. The number of nitrogens with two attached hydrogens (primary N) is 1. The van der Waals surface area contributed by atoms with Crippen LogP contribution in [0.3, 0.4) is 0 Å². The van der Waals surface area contributed by atoms with Crippen LogP contribution in [0.15, 0.2) is 99.5 Å². The Balaban J connectivity index is 1.51. The molecule has 0 saturated heterocycles. The van der Waals surface area contributed by atoms with Gasteiger partial charge in [-0.15, -0.1) is 0 Å². The van der Waals surface area contributed by atoms with Gasteiger partial charge in [0.2, 0.25) is 0 Å². The van der Waals surface area contributed by atoms with Gasteiger partial charge < -0.3 is 0 Å². The van der Waals surface area contributed by atoms with Crippen LogP contribution in [0.5, 0.6) is 0 Å². The third-order valence-corrected chi connectivity index (χ3v) is 10.8. The number of nitrogens with zero attached hydrogens (tertiary/aromatic N) is 3. The number of nitrogens with one attached hydrogen (secondary N) is 1. The Morgan fingerprint density at radius 3 is 2.35 bits per heavy atom. The van der Waals surface area contributed by atoms with Crippen LogP contribution in [0.25, 0.3) is 11.0 Å². The van der Waals surface area contributed by atoms with Gasteiger partial charge in [-0.1, -0.05) is 0 Å². The molecule has 0 aliphatic carbocycles. The molecule has 3 aromatic carbocycles. The van der Waals surface area contributed by atoms with Crippen LogP contribution in [-0.2, 0) is 0 Å². The molecule has 0 bridgehead atoms. The molecule has 10 heteroatoms. The van der Waals surface area contributed by atoms with Crippen LogP contribution < -0.4 is 19.9 Å². The van der Waals surface area contributed by atoms with E-state index < -0.39 is 21.7 Å². The predicted octanol–water partition coefficient (Wildman–Crippen LogP) is 4.80. The Hall–Kier alpha value is -3.52. The number of aromatic nitrogens is 3. The van der Waals surface area contributed by atoms with Crippen molar-refractivity contribution in [2.75, 3.05) is 5.32 Å². The summed E-state index contributed by atoms with van der Waals surface area (Å²) in [4.78, 5) is 40.5. The molecular weight excluding hydrogens is 649 g/mol. The van der Waals surface area contributed by atoms with Gasteiger partial charge >= 0.3 is 252 Å². The molecule has 1 unspecified atom stereocenters. The van der Waals surface area contributed by atoms with Gasteiger partial charge in [0.25, 0.3) is 0 Å². The molecule has 3 N–H and O–H groups in total. The van der Waals surface area contributed by atoms with E-state index in [1.807, 2.05) is 60.7 Å². The fraction of sp³-hybridized carbons (Fsp3) is 0.100. The summed E-state index contributed by atoms with van der Waals surface area (Å²) in [7, 11) is 0. The average molecular weight is 674 g/mol. The molecule has 7 nitrogen and oxygen atoms in total. The summed E-state index contributed by atoms with van der Waals surface area (Å²) in [6.45, 7) is 4.21. The Morgan fingerprint density at radius 1 is 0.925 bits per heavy atom. The molecule has 0 aliphatic heterocycles. The van der Waals surface area contributed by atoms with Gasteiger partial charge in [0.1, 0.15) is 0 Å². The van der Waals surface area contributed by atoms with E-state index in [1.54, 1.807) is 30.2 Å². The average Bonchev–Trinajstić information content (AvgIpc) is 2.95. The molecule has 2 heterocycles. The first-order valence-corrected chi connectivity index (χ1v) is 16.1. The third kappa shape index (κ3) is 6.61. The zero-order valence-corrected chi connectivity index (χ0v) is 26.2. The third-order valence-electron chi connectivity index (χ3n) is 6.07. The molecule has 5 rings (SSSR count).